The molecule has 0 saturated heterocycles. The van der Waals surface area contributed by atoms with Crippen molar-refractivity contribution in [3.8, 4) is 11.8 Å². The van der Waals surface area contributed by atoms with E-state index in [0.29, 0.717) is 23.7 Å². The first-order chi connectivity index (χ1) is 10.2. The van der Waals surface area contributed by atoms with Gasteiger partial charge in [-0.15, -0.1) is 0 Å². The molecule has 1 aromatic rings. The number of halogens is 1. The summed E-state index contributed by atoms with van der Waals surface area (Å²) in [6, 6.07) is 5.32. The SMILES string of the molecule is CCCCCCCC(=O)Nc1cc(C#CCN)ccc1Cl. The van der Waals surface area contributed by atoms with Crippen molar-refractivity contribution in [2.75, 3.05) is 11.9 Å². The minimum absolute atomic E-state index is 0.00247. The molecule has 0 heterocycles. The molecule has 0 atom stereocenters. The molecular weight excluding hydrogens is 284 g/mol. The lowest BCUT2D eigenvalue weighted by molar-refractivity contribution is -0.116. The summed E-state index contributed by atoms with van der Waals surface area (Å²) in [7, 11) is 0. The van der Waals surface area contributed by atoms with Gasteiger partial charge in [0.25, 0.3) is 0 Å². The summed E-state index contributed by atoms with van der Waals surface area (Å²) in [4.78, 5) is 11.9. The van der Waals surface area contributed by atoms with Gasteiger partial charge >= 0.3 is 0 Å². The van der Waals surface area contributed by atoms with Crippen molar-refractivity contribution in [3.63, 3.8) is 0 Å². The van der Waals surface area contributed by atoms with Crippen molar-refractivity contribution < 1.29 is 4.79 Å². The average molecular weight is 307 g/mol. The summed E-state index contributed by atoms with van der Waals surface area (Å²) in [6.07, 6.45) is 6.16. The van der Waals surface area contributed by atoms with Gasteiger partial charge in [0.05, 0.1) is 17.3 Å². The predicted octanol–water partition coefficient (Wildman–Crippen LogP) is 3.95. The van der Waals surface area contributed by atoms with Gasteiger partial charge in [-0.25, -0.2) is 0 Å². The molecule has 0 aliphatic carbocycles. The first kappa shape index (κ1) is 17.6. The largest absolute Gasteiger partial charge is 0.325 e. The average Bonchev–Trinajstić information content (AvgIpc) is 2.48. The number of carbonyl (C=O) groups is 1. The maximum absolute atomic E-state index is 11.9. The summed E-state index contributed by atoms with van der Waals surface area (Å²) in [5, 5.41) is 3.37. The molecule has 0 spiro atoms. The molecule has 3 N–H and O–H groups in total. The van der Waals surface area contributed by atoms with E-state index in [9.17, 15) is 4.79 Å². The second-order valence-electron chi connectivity index (χ2n) is 4.91. The van der Waals surface area contributed by atoms with Crippen LogP contribution in [0.5, 0.6) is 0 Å². The van der Waals surface area contributed by atoms with Gasteiger partial charge in [0.2, 0.25) is 5.91 Å². The van der Waals surface area contributed by atoms with Gasteiger partial charge in [0, 0.05) is 12.0 Å². The zero-order valence-electron chi connectivity index (χ0n) is 12.5. The second kappa shape index (κ2) is 10.3. The number of nitrogens with two attached hydrogens (primary N) is 1. The standard InChI is InChI=1S/C17H23ClN2O/c1-2-3-4-5-6-9-17(21)20-16-13-14(8-7-12-19)10-11-15(16)18/h10-11,13H,2-6,9,12,19H2,1H3,(H,20,21). The van der Waals surface area contributed by atoms with E-state index in [1.807, 2.05) is 6.07 Å². The van der Waals surface area contributed by atoms with Gasteiger partial charge in [-0.3, -0.25) is 4.79 Å². The van der Waals surface area contributed by atoms with Crippen LogP contribution in [-0.2, 0) is 4.79 Å². The Balaban J connectivity index is 2.51. The zero-order valence-corrected chi connectivity index (χ0v) is 13.3. The molecule has 4 heteroatoms. The Labute approximate surface area is 132 Å². The molecule has 3 nitrogen and oxygen atoms in total. The molecule has 0 aliphatic heterocycles. The highest BCUT2D eigenvalue weighted by molar-refractivity contribution is 6.33. The third-order valence-electron chi connectivity index (χ3n) is 3.08. The lowest BCUT2D eigenvalue weighted by atomic mass is 10.1. The van der Waals surface area contributed by atoms with Crippen LogP contribution in [0.25, 0.3) is 0 Å². The smallest absolute Gasteiger partial charge is 0.224 e. The van der Waals surface area contributed by atoms with Crippen molar-refractivity contribution in [1.29, 1.82) is 0 Å². The molecule has 0 saturated carbocycles. The van der Waals surface area contributed by atoms with E-state index in [4.69, 9.17) is 17.3 Å². The number of rotatable bonds is 7. The van der Waals surface area contributed by atoms with E-state index in [1.165, 1.54) is 19.3 Å². The molecule has 0 fully saturated rings. The maximum atomic E-state index is 11.9. The van der Waals surface area contributed by atoms with Crippen LogP contribution in [0, 0.1) is 11.8 Å². The highest BCUT2D eigenvalue weighted by atomic mass is 35.5. The first-order valence-corrected chi connectivity index (χ1v) is 7.83. The summed E-state index contributed by atoms with van der Waals surface area (Å²) < 4.78 is 0. The molecule has 0 unspecified atom stereocenters. The number of hydrogen-bond donors (Lipinski definition) is 2. The molecule has 1 aromatic carbocycles. The number of hydrogen-bond acceptors (Lipinski definition) is 2. The molecule has 21 heavy (non-hydrogen) atoms. The van der Waals surface area contributed by atoms with Crippen molar-refractivity contribution in [2.45, 2.75) is 45.4 Å². The Morgan fingerprint density at radius 3 is 2.76 bits per heavy atom. The molecule has 0 aromatic heterocycles. The van der Waals surface area contributed by atoms with E-state index < -0.39 is 0 Å². The van der Waals surface area contributed by atoms with Gasteiger partial charge in [0.1, 0.15) is 0 Å². The number of unbranched alkanes of at least 4 members (excludes halogenated alkanes) is 4. The number of carbonyl (C=O) groups excluding carboxylic acids is 1. The first-order valence-electron chi connectivity index (χ1n) is 7.45. The second-order valence-corrected chi connectivity index (χ2v) is 5.32. The Morgan fingerprint density at radius 2 is 2.05 bits per heavy atom. The van der Waals surface area contributed by atoms with Crippen molar-refractivity contribution in [2.24, 2.45) is 5.73 Å². The molecule has 1 amide bonds. The van der Waals surface area contributed by atoms with Crippen LogP contribution in [0.1, 0.15) is 51.0 Å². The van der Waals surface area contributed by atoms with Crippen LogP contribution in [0.4, 0.5) is 5.69 Å². The van der Waals surface area contributed by atoms with Crippen LogP contribution in [0.15, 0.2) is 18.2 Å². The van der Waals surface area contributed by atoms with Crippen LogP contribution in [0.2, 0.25) is 5.02 Å². The maximum Gasteiger partial charge on any atom is 0.224 e. The normalized spacial score (nSPS) is 9.86. The summed E-state index contributed by atoms with van der Waals surface area (Å²) in [5.74, 6) is 5.70. The molecule has 0 bridgehead atoms. The van der Waals surface area contributed by atoms with Gasteiger partial charge < -0.3 is 11.1 Å². The van der Waals surface area contributed by atoms with Gasteiger partial charge in [-0.1, -0.05) is 56.0 Å². The third kappa shape index (κ3) is 7.17. The number of anilines is 1. The Kier molecular flexibility index (Phi) is 8.57. The van der Waals surface area contributed by atoms with Crippen molar-refractivity contribution in [1.82, 2.24) is 0 Å². The fraction of sp³-hybridized carbons (Fsp3) is 0.471. The topological polar surface area (TPSA) is 55.1 Å². The molecule has 0 radical (unpaired) electrons. The highest BCUT2D eigenvalue weighted by Gasteiger charge is 2.06. The molecule has 1 rings (SSSR count). The van der Waals surface area contributed by atoms with Crippen LogP contribution < -0.4 is 11.1 Å². The predicted molar refractivity (Wildman–Crippen MR) is 89.4 cm³/mol. The Morgan fingerprint density at radius 1 is 1.29 bits per heavy atom. The van der Waals surface area contributed by atoms with E-state index >= 15 is 0 Å². The lowest BCUT2D eigenvalue weighted by Gasteiger charge is -2.08. The van der Waals surface area contributed by atoms with Crippen LogP contribution in [-0.4, -0.2) is 12.5 Å². The molecule has 114 valence electrons. The lowest BCUT2D eigenvalue weighted by Crippen LogP contribution is -2.11. The summed E-state index contributed by atoms with van der Waals surface area (Å²) >= 11 is 6.09. The monoisotopic (exact) mass is 306 g/mol. The van der Waals surface area contributed by atoms with E-state index in [1.54, 1.807) is 12.1 Å². The Hall–Kier alpha value is -1.50. The van der Waals surface area contributed by atoms with Crippen molar-refractivity contribution in [3.05, 3.63) is 28.8 Å². The molecule has 0 aliphatic rings. The third-order valence-corrected chi connectivity index (χ3v) is 3.41. The fourth-order valence-electron chi connectivity index (χ4n) is 1.95. The zero-order chi connectivity index (χ0) is 15.5. The fourth-order valence-corrected chi connectivity index (χ4v) is 2.12. The van der Waals surface area contributed by atoms with Gasteiger partial charge in [-0.05, 0) is 24.6 Å². The minimum atomic E-state index is -0.00247. The minimum Gasteiger partial charge on any atom is -0.325 e. The summed E-state index contributed by atoms with van der Waals surface area (Å²) in [5.41, 5.74) is 6.75. The van der Waals surface area contributed by atoms with E-state index in [2.05, 4.69) is 24.1 Å². The number of benzene rings is 1. The van der Waals surface area contributed by atoms with Crippen LogP contribution in [0.3, 0.4) is 0 Å². The highest BCUT2D eigenvalue weighted by Crippen LogP contribution is 2.23. The number of amides is 1. The van der Waals surface area contributed by atoms with Crippen molar-refractivity contribution >= 4 is 23.2 Å². The van der Waals surface area contributed by atoms with E-state index in [-0.39, 0.29) is 5.91 Å². The summed E-state index contributed by atoms with van der Waals surface area (Å²) in [6.45, 7) is 2.48. The number of nitrogens with one attached hydrogen (secondary N) is 1. The quantitative estimate of drug-likeness (QED) is 0.592. The van der Waals surface area contributed by atoms with Gasteiger partial charge in [0.15, 0.2) is 0 Å². The van der Waals surface area contributed by atoms with E-state index in [0.717, 1.165) is 18.4 Å². The van der Waals surface area contributed by atoms with Gasteiger partial charge in [-0.2, -0.15) is 0 Å². The van der Waals surface area contributed by atoms with Crippen LogP contribution >= 0.6 is 11.6 Å². The molecular formula is C17H23ClN2O. The Bertz CT molecular complexity index is 517.